The number of carbonyl (C=O) groups excluding carboxylic acids is 1. The molecule has 0 saturated carbocycles. The molecule has 0 aliphatic carbocycles. The molecule has 4 nitrogen and oxygen atoms in total. The number of rotatable bonds is 2. The van der Waals surface area contributed by atoms with Gasteiger partial charge in [-0.25, -0.2) is 9.88 Å². The molecule has 0 bridgehead atoms. The Kier molecular flexibility index (Phi) is 1.94. The third-order valence-electron chi connectivity index (χ3n) is 1.08. The maximum atomic E-state index is 10.2. The van der Waals surface area contributed by atoms with Gasteiger partial charge in [0, 0.05) is 6.07 Å². The van der Waals surface area contributed by atoms with Crippen LogP contribution in [0.5, 0.6) is 0 Å². The first-order valence-electron chi connectivity index (χ1n) is 2.85. The zero-order valence-electron chi connectivity index (χ0n) is 5.61. The highest BCUT2D eigenvalue weighted by molar-refractivity contribution is 5.68. The number of nitrogens with one attached hydrogen (secondary N) is 1. The summed E-state index contributed by atoms with van der Waals surface area (Å²) >= 11 is 0. The molecule has 0 spiro atoms. The van der Waals surface area contributed by atoms with Gasteiger partial charge in [-0.1, -0.05) is 4.98 Å². The molecule has 0 fully saturated rings. The molecule has 0 atom stereocenters. The number of hydrogen-bond acceptors (Lipinski definition) is 2. The number of H-pyrrole nitrogens is 1. The van der Waals surface area contributed by atoms with Gasteiger partial charge in [0.15, 0.2) is 0 Å². The minimum absolute atomic E-state index is 0.539. The lowest BCUT2D eigenvalue weighted by Gasteiger charge is -1.96. The summed E-state index contributed by atoms with van der Waals surface area (Å²) in [6.07, 6.45) is 4.02. The average molecular weight is 138 g/mol. The van der Waals surface area contributed by atoms with Crippen molar-refractivity contribution in [3.05, 3.63) is 18.5 Å². The van der Waals surface area contributed by atoms with Crippen LogP contribution in [0.1, 0.15) is 0 Å². The monoisotopic (exact) mass is 138 g/mol. The summed E-state index contributed by atoms with van der Waals surface area (Å²) in [5.41, 5.74) is 0. The second-order valence-electron chi connectivity index (χ2n) is 1.82. The summed E-state index contributed by atoms with van der Waals surface area (Å²) in [6, 6.07) is 1.75. The largest absolute Gasteiger partial charge is 0.398 e. The molecule has 4 heteroatoms. The molecular weight excluding hydrogens is 130 g/mol. The molecule has 1 rings (SSSR count). The Morgan fingerprint density at radius 1 is 1.80 bits per heavy atom. The number of anilines is 1. The van der Waals surface area contributed by atoms with Crippen molar-refractivity contribution in [2.45, 2.75) is 0 Å². The van der Waals surface area contributed by atoms with Crippen LogP contribution in [0.4, 0.5) is 5.95 Å². The van der Waals surface area contributed by atoms with Crippen molar-refractivity contribution in [3.63, 3.8) is 0 Å². The highest BCUT2D eigenvalue weighted by Crippen LogP contribution is 1.91. The summed E-state index contributed by atoms with van der Waals surface area (Å²) in [5, 5.41) is 0. The quantitative estimate of drug-likeness (QED) is 0.517. The standard InChI is InChI=1S/C6H7N3O/c1-9(5-10)6-7-3-2-4-8-6/h2-5H,1H3/p+1. The van der Waals surface area contributed by atoms with Gasteiger partial charge in [0.1, 0.15) is 6.20 Å². The van der Waals surface area contributed by atoms with Crippen molar-refractivity contribution in [1.82, 2.24) is 4.98 Å². The zero-order valence-corrected chi connectivity index (χ0v) is 5.61. The minimum Gasteiger partial charge on any atom is -0.260 e. The summed E-state index contributed by atoms with van der Waals surface area (Å²) in [7, 11) is 1.63. The predicted octanol–water partition coefficient (Wildman–Crippen LogP) is -0.512. The molecule has 1 aromatic heterocycles. The Labute approximate surface area is 58.5 Å². The van der Waals surface area contributed by atoms with E-state index in [9.17, 15) is 4.79 Å². The SMILES string of the molecule is CN(C=O)c1nccc[nH+]1. The van der Waals surface area contributed by atoms with E-state index in [2.05, 4.69) is 9.97 Å². The predicted molar refractivity (Wildman–Crippen MR) is 35.3 cm³/mol. The molecule has 0 aliphatic heterocycles. The molecule has 1 amide bonds. The second-order valence-corrected chi connectivity index (χ2v) is 1.82. The Balaban J connectivity index is 2.84. The molecule has 52 valence electrons. The maximum Gasteiger partial charge on any atom is 0.398 e. The normalized spacial score (nSPS) is 8.90. The molecule has 0 radical (unpaired) electrons. The van der Waals surface area contributed by atoms with Gasteiger partial charge in [-0.3, -0.25) is 4.79 Å². The van der Waals surface area contributed by atoms with E-state index in [0.29, 0.717) is 12.4 Å². The van der Waals surface area contributed by atoms with Crippen LogP contribution < -0.4 is 9.88 Å². The van der Waals surface area contributed by atoms with E-state index in [1.807, 2.05) is 0 Å². The van der Waals surface area contributed by atoms with Gasteiger partial charge in [0.05, 0.1) is 13.2 Å². The van der Waals surface area contributed by atoms with E-state index < -0.39 is 0 Å². The van der Waals surface area contributed by atoms with Gasteiger partial charge in [-0.15, -0.1) is 0 Å². The fraction of sp³-hybridized carbons (Fsp3) is 0.167. The van der Waals surface area contributed by atoms with E-state index in [0.717, 1.165) is 0 Å². The van der Waals surface area contributed by atoms with Crippen LogP contribution in [-0.4, -0.2) is 18.4 Å². The van der Waals surface area contributed by atoms with Gasteiger partial charge in [-0.05, 0) is 0 Å². The van der Waals surface area contributed by atoms with Crippen LogP contribution in [0.3, 0.4) is 0 Å². The van der Waals surface area contributed by atoms with Crippen LogP contribution in [0.2, 0.25) is 0 Å². The van der Waals surface area contributed by atoms with Crippen molar-refractivity contribution < 1.29 is 9.78 Å². The Morgan fingerprint density at radius 2 is 2.60 bits per heavy atom. The van der Waals surface area contributed by atoms with Crippen molar-refractivity contribution in [2.75, 3.05) is 11.9 Å². The molecule has 0 unspecified atom stereocenters. The summed E-state index contributed by atoms with van der Waals surface area (Å²) in [6.45, 7) is 0. The van der Waals surface area contributed by atoms with E-state index in [-0.39, 0.29) is 0 Å². The van der Waals surface area contributed by atoms with Gasteiger partial charge in [0.25, 0.3) is 6.41 Å². The third kappa shape index (κ3) is 1.28. The average Bonchev–Trinajstić information content (AvgIpc) is 2.05. The molecule has 1 heterocycles. The number of carbonyl (C=O) groups is 1. The molecule has 10 heavy (non-hydrogen) atoms. The van der Waals surface area contributed by atoms with Crippen LogP contribution in [0, 0.1) is 0 Å². The van der Waals surface area contributed by atoms with Crippen molar-refractivity contribution in [3.8, 4) is 0 Å². The number of aromatic amines is 1. The van der Waals surface area contributed by atoms with Gasteiger partial charge in [-0.2, -0.15) is 0 Å². The van der Waals surface area contributed by atoms with E-state index >= 15 is 0 Å². The van der Waals surface area contributed by atoms with Gasteiger partial charge < -0.3 is 0 Å². The molecule has 0 saturated heterocycles. The highest BCUT2D eigenvalue weighted by Gasteiger charge is 2.07. The molecule has 0 aromatic carbocycles. The fourth-order valence-electron chi connectivity index (χ4n) is 0.559. The van der Waals surface area contributed by atoms with Crippen LogP contribution >= 0.6 is 0 Å². The zero-order chi connectivity index (χ0) is 7.40. The minimum atomic E-state index is 0.539. The van der Waals surface area contributed by atoms with Crippen molar-refractivity contribution in [1.29, 1.82) is 0 Å². The number of amides is 1. The first kappa shape index (κ1) is 6.67. The second kappa shape index (κ2) is 2.91. The lowest BCUT2D eigenvalue weighted by atomic mass is 10.6. The molecule has 0 aliphatic rings. The molecule has 1 N–H and O–H groups in total. The molecular formula is C6H8N3O+. The smallest absolute Gasteiger partial charge is 0.260 e. The first-order valence-corrected chi connectivity index (χ1v) is 2.85. The Hall–Kier alpha value is -1.45. The maximum absolute atomic E-state index is 10.2. The third-order valence-corrected chi connectivity index (χ3v) is 1.08. The van der Waals surface area contributed by atoms with Crippen LogP contribution in [0.15, 0.2) is 18.5 Å². The summed E-state index contributed by atoms with van der Waals surface area (Å²) in [4.78, 5) is 18.2. The van der Waals surface area contributed by atoms with Crippen LogP contribution in [0.25, 0.3) is 0 Å². The first-order chi connectivity index (χ1) is 4.84. The lowest BCUT2D eigenvalue weighted by molar-refractivity contribution is -0.367. The summed E-state index contributed by atoms with van der Waals surface area (Å²) < 4.78 is 0. The van der Waals surface area contributed by atoms with Gasteiger partial charge in [0.2, 0.25) is 0 Å². The lowest BCUT2D eigenvalue weighted by Crippen LogP contribution is -2.24. The summed E-state index contributed by atoms with van der Waals surface area (Å²) in [5.74, 6) is 0.539. The number of aromatic nitrogens is 2. The fourth-order valence-corrected chi connectivity index (χ4v) is 0.559. The van der Waals surface area contributed by atoms with E-state index in [1.165, 1.54) is 4.90 Å². The number of nitrogens with zero attached hydrogens (tertiary/aromatic N) is 2. The van der Waals surface area contributed by atoms with E-state index in [1.54, 1.807) is 25.5 Å². The highest BCUT2D eigenvalue weighted by atomic mass is 16.1. The van der Waals surface area contributed by atoms with Crippen molar-refractivity contribution in [2.24, 2.45) is 0 Å². The topological polar surface area (TPSA) is 47.3 Å². The van der Waals surface area contributed by atoms with E-state index in [4.69, 9.17) is 0 Å². The van der Waals surface area contributed by atoms with Crippen molar-refractivity contribution >= 4 is 12.4 Å². The Bertz CT molecular complexity index is 211. The number of hydrogen-bond donors (Lipinski definition) is 0. The van der Waals surface area contributed by atoms with Crippen LogP contribution in [-0.2, 0) is 4.79 Å². The molecule has 1 aromatic rings. The van der Waals surface area contributed by atoms with Gasteiger partial charge >= 0.3 is 5.95 Å². The Morgan fingerprint density at radius 3 is 3.10 bits per heavy atom.